The standard InChI is InChI=1S/C17H22N4S/c1-13-7-5-6-10-15(13)19-17(22)20-16-11-12-18-21(16)14-8-3-2-4-9-14/h5-7,10-12,14H,2-4,8-9H2,1H3,(H2,19,20,22). The predicted octanol–water partition coefficient (Wildman–Crippen LogP) is 4.51. The number of thiocarbonyl (C=S) groups is 1. The van der Waals surface area contributed by atoms with Crippen LogP contribution in [0.15, 0.2) is 36.5 Å². The molecule has 0 saturated heterocycles. The van der Waals surface area contributed by atoms with Crippen LogP contribution in [0.4, 0.5) is 11.5 Å². The van der Waals surface area contributed by atoms with Crippen molar-refractivity contribution in [1.82, 2.24) is 9.78 Å². The summed E-state index contributed by atoms with van der Waals surface area (Å²) in [5.74, 6) is 0.970. The SMILES string of the molecule is Cc1ccccc1NC(=S)Nc1ccnn1C1CCCCC1. The molecule has 0 aliphatic heterocycles. The molecule has 1 aliphatic carbocycles. The molecular formula is C17H22N4S. The molecule has 1 aromatic heterocycles. The van der Waals surface area contributed by atoms with Gasteiger partial charge in [-0.05, 0) is 43.6 Å². The smallest absolute Gasteiger partial charge is 0.176 e. The number of rotatable bonds is 3. The van der Waals surface area contributed by atoms with E-state index >= 15 is 0 Å². The van der Waals surface area contributed by atoms with E-state index in [-0.39, 0.29) is 0 Å². The van der Waals surface area contributed by atoms with Gasteiger partial charge in [0.05, 0.1) is 12.2 Å². The third-order valence-corrected chi connectivity index (χ3v) is 4.43. The fourth-order valence-corrected chi connectivity index (χ4v) is 3.23. The van der Waals surface area contributed by atoms with Crippen molar-refractivity contribution in [2.75, 3.05) is 10.6 Å². The van der Waals surface area contributed by atoms with E-state index in [0.717, 1.165) is 11.5 Å². The van der Waals surface area contributed by atoms with E-state index in [4.69, 9.17) is 12.2 Å². The predicted molar refractivity (Wildman–Crippen MR) is 95.4 cm³/mol. The Morgan fingerprint density at radius 2 is 1.91 bits per heavy atom. The van der Waals surface area contributed by atoms with Gasteiger partial charge < -0.3 is 10.6 Å². The first-order chi connectivity index (χ1) is 10.7. The Balaban J connectivity index is 1.67. The van der Waals surface area contributed by atoms with Crippen molar-refractivity contribution in [3.63, 3.8) is 0 Å². The number of benzene rings is 1. The van der Waals surface area contributed by atoms with Crippen molar-refractivity contribution in [3.05, 3.63) is 42.1 Å². The van der Waals surface area contributed by atoms with Gasteiger partial charge in [0, 0.05) is 11.8 Å². The molecule has 2 aromatic rings. The molecule has 0 radical (unpaired) electrons. The summed E-state index contributed by atoms with van der Waals surface area (Å²) in [6.07, 6.45) is 8.16. The highest BCUT2D eigenvalue weighted by molar-refractivity contribution is 7.80. The van der Waals surface area contributed by atoms with Gasteiger partial charge in [-0.1, -0.05) is 37.5 Å². The Morgan fingerprint density at radius 3 is 2.68 bits per heavy atom. The van der Waals surface area contributed by atoms with Gasteiger partial charge in [-0.2, -0.15) is 5.10 Å². The van der Waals surface area contributed by atoms with E-state index < -0.39 is 0 Å². The molecule has 3 rings (SSSR count). The summed E-state index contributed by atoms with van der Waals surface area (Å²) in [6, 6.07) is 10.6. The summed E-state index contributed by atoms with van der Waals surface area (Å²) < 4.78 is 2.09. The van der Waals surface area contributed by atoms with Gasteiger partial charge in [0.25, 0.3) is 0 Å². The molecule has 0 atom stereocenters. The molecule has 2 N–H and O–H groups in total. The van der Waals surface area contributed by atoms with Crippen LogP contribution in [0, 0.1) is 6.92 Å². The molecule has 0 unspecified atom stereocenters. The Morgan fingerprint density at radius 1 is 1.14 bits per heavy atom. The van der Waals surface area contributed by atoms with Crippen molar-refractivity contribution in [1.29, 1.82) is 0 Å². The highest BCUT2D eigenvalue weighted by atomic mass is 32.1. The second kappa shape index (κ2) is 6.92. The number of nitrogens with one attached hydrogen (secondary N) is 2. The lowest BCUT2D eigenvalue weighted by atomic mass is 9.96. The minimum Gasteiger partial charge on any atom is -0.332 e. The third-order valence-electron chi connectivity index (χ3n) is 4.23. The second-order valence-corrected chi connectivity index (χ2v) is 6.26. The molecule has 22 heavy (non-hydrogen) atoms. The van der Waals surface area contributed by atoms with E-state index in [1.54, 1.807) is 0 Å². The number of hydrogen-bond acceptors (Lipinski definition) is 2. The van der Waals surface area contributed by atoms with E-state index in [2.05, 4.69) is 33.4 Å². The molecule has 5 heteroatoms. The average Bonchev–Trinajstić information content (AvgIpc) is 2.98. The Hall–Kier alpha value is -1.88. The zero-order valence-electron chi connectivity index (χ0n) is 12.9. The lowest BCUT2D eigenvalue weighted by Crippen LogP contribution is -2.23. The molecule has 1 aromatic carbocycles. The third kappa shape index (κ3) is 3.47. The number of hydrogen-bond donors (Lipinski definition) is 2. The summed E-state index contributed by atoms with van der Waals surface area (Å²) in [4.78, 5) is 0. The van der Waals surface area contributed by atoms with Crippen LogP contribution in [0.3, 0.4) is 0 Å². The summed E-state index contributed by atoms with van der Waals surface area (Å²) >= 11 is 5.44. The minimum atomic E-state index is 0.493. The lowest BCUT2D eigenvalue weighted by Gasteiger charge is -2.24. The summed E-state index contributed by atoms with van der Waals surface area (Å²) in [5, 5.41) is 11.6. The van der Waals surface area contributed by atoms with Crippen LogP contribution in [0.2, 0.25) is 0 Å². The maximum Gasteiger partial charge on any atom is 0.176 e. The Kier molecular flexibility index (Phi) is 4.73. The molecular weight excluding hydrogens is 292 g/mol. The van der Waals surface area contributed by atoms with Gasteiger partial charge in [0.15, 0.2) is 5.11 Å². The number of nitrogens with zero attached hydrogens (tertiary/aromatic N) is 2. The van der Waals surface area contributed by atoms with E-state index in [9.17, 15) is 0 Å². The van der Waals surface area contributed by atoms with Gasteiger partial charge in [-0.3, -0.25) is 0 Å². The molecule has 1 heterocycles. The van der Waals surface area contributed by atoms with Gasteiger partial charge >= 0.3 is 0 Å². The maximum absolute atomic E-state index is 5.44. The molecule has 1 aliphatic rings. The van der Waals surface area contributed by atoms with Crippen molar-refractivity contribution in [2.24, 2.45) is 0 Å². The average molecular weight is 314 g/mol. The summed E-state index contributed by atoms with van der Waals surface area (Å²) in [6.45, 7) is 2.07. The Bertz CT molecular complexity index is 644. The number of aromatic nitrogens is 2. The minimum absolute atomic E-state index is 0.493. The fraction of sp³-hybridized carbons (Fsp3) is 0.412. The topological polar surface area (TPSA) is 41.9 Å². The summed E-state index contributed by atoms with van der Waals surface area (Å²) in [5.41, 5.74) is 2.20. The van der Waals surface area contributed by atoms with Crippen molar-refractivity contribution in [2.45, 2.75) is 45.1 Å². The van der Waals surface area contributed by atoms with E-state index in [1.807, 2.05) is 30.5 Å². The van der Waals surface area contributed by atoms with Crippen LogP contribution in [0.5, 0.6) is 0 Å². The molecule has 1 fully saturated rings. The fourth-order valence-electron chi connectivity index (χ4n) is 3.01. The van der Waals surface area contributed by atoms with E-state index in [0.29, 0.717) is 11.2 Å². The lowest BCUT2D eigenvalue weighted by molar-refractivity contribution is 0.333. The van der Waals surface area contributed by atoms with E-state index in [1.165, 1.54) is 37.7 Å². The van der Waals surface area contributed by atoms with Gasteiger partial charge in [-0.15, -0.1) is 0 Å². The van der Waals surface area contributed by atoms with Crippen LogP contribution in [0.25, 0.3) is 0 Å². The molecule has 0 bridgehead atoms. The second-order valence-electron chi connectivity index (χ2n) is 5.85. The zero-order chi connectivity index (χ0) is 15.4. The monoisotopic (exact) mass is 314 g/mol. The van der Waals surface area contributed by atoms with Crippen LogP contribution < -0.4 is 10.6 Å². The normalized spacial score (nSPS) is 15.5. The van der Waals surface area contributed by atoms with Crippen LogP contribution in [-0.4, -0.2) is 14.9 Å². The molecule has 116 valence electrons. The molecule has 0 spiro atoms. The molecule has 1 saturated carbocycles. The van der Waals surface area contributed by atoms with Crippen LogP contribution in [0.1, 0.15) is 43.7 Å². The largest absolute Gasteiger partial charge is 0.332 e. The zero-order valence-corrected chi connectivity index (χ0v) is 13.7. The highest BCUT2D eigenvalue weighted by Gasteiger charge is 2.18. The maximum atomic E-state index is 5.44. The summed E-state index contributed by atoms with van der Waals surface area (Å²) in [7, 11) is 0. The van der Waals surface area contributed by atoms with Crippen molar-refractivity contribution in [3.8, 4) is 0 Å². The van der Waals surface area contributed by atoms with Crippen molar-refractivity contribution >= 4 is 28.8 Å². The van der Waals surface area contributed by atoms with Crippen molar-refractivity contribution < 1.29 is 0 Å². The highest BCUT2D eigenvalue weighted by Crippen LogP contribution is 2.29. The molecule has 4 nitrogen and oxygen atoms in total. The number of anilines is 2. The quantitative estimate of drug-likeness (QED) is 0.818. The molecule has 0 amide bonds. The van der Waals surface area contributed by atoms with Gasteiger partial charge in [0.2, 0.25) is 0 Å². The first kappa shape index (κ1) is 15.0. The van der Waals surface area contributed by atoms with Gasteiger partial charge in [-0.25, -0.2) is 4.68 Å². The van der Waals surface area contributed by atoms with Crippen LogP contribution >= 0.6 is 12.2 Å². The first-order valence-electron chi connectivity index (χ1n) is 7.91. The Labute approximate surface area is 136 Å². The first-order valence-corrected chi connectivity index (χ1v) is 8.32. The van der Waals surface area contributed by atoms with Crippen LogP contribution in [-0.2, 0) is 0 Å². The number of para-hydroxylation sites is 1. The number of aryl methyl sites for hydroxylation is 1. The van der Waals surface area contributed by atoms with Gasteiger partial charge in [0.1, 0.15) is 5.82 Å².